The lowest BCUT2D eigenvalue weighted by Crippen LogP contribution is -1.86. The Balaban J connectivity index is 2.25. The summed E-state index contributed by atoms with van der Waals surface area (Å²) in [6.07, 6.45) is 0. The van der Waals surface area contributed by atoms with Gasteiger partial charge in [-0.2, -0.15) is 4.98 Å². The predicted octanol–water partition coefficient (Wildman–Crippen LogP) is 1.89. The third kappa shape index (κ3) is 1.80. The van der Waals surface area contributed by atoms with E-state index in [1.54, 1.807) is 7.11 Å². The van der Waals surface area contributed by atoms with E-state index in [2.05, 4.69) is 10.1 Å². The molecule has 0 bridgehead atoms. The summed E-state index contributed by atoms with van der Waals surface area (Å²) in [5.74, 6) is 0.931. The van der Waals surface area contributed by atoms with E-state index in [-0.39, 0.29) is 0 Å². The van der Waals surface area contributed by atoms with Gasteiger partial charge in [-0.25, -0.2) is 0 Å². The molecule has 0 aliphatic heterocycles. The highest BCUT2D eigenvalue weighted by molar-refractivity contribution is 5.52. The van der Waals surface area contributed by atoms with E-state index in [9.17, 15) is 0 Å². The van der Waals surface area contributed by atoms with Crippen LogP contribution in [0.5, 0.6) is 0 Å². The van der Waals surface area contributed by atoms with Gasteiger partial charge in [0.05, 0.1) is 0 Å². The molecule has 1 aromatic heterocycles. The fraction of sp³-hybridized carbons (Fsp3) is 0.100. The van der Waals surface area contributed by atoms with Crippen LogP contribution in [0.2, 0.25) is 0 Å². The van der Waals surface area contributed by atoms with Crippen molar-refractivity contribution in [2.75, 3.05) is 7.11 Å². The molecule has 0 saturated heterocycles. The van der Waals surface area contributed by atoms with Crippen molar-refractivity contribution in [2.45, 2.75) is 0 Å². The largest absolute Gasteiger partial charge is 0.370 e. The first-order valence-electron chi connectivity index (χ1n) is 4.15. The van der Waals surface area contributed by atoms with Gasteiger partial charge in [-0.1, -0.05) is 23.4 Å². The smallest absolute Gasteiger partial charge is 0.258 e. The summed E-state index contributed by atoms with van der Waals surface area (Å²) >= 11 is 0. The van der Waals surface area contributed by atoms with E-state index < -0.39 is 0 Å². The normalized spacial score (nSPS) is 10.4. The lowest BCUT2D eigenvalue weighted by Gasteiger charge is -1.90. The van der Waals surface area contributed by atoms with Gasteiger partial charge < -0.3 is 9.26 Å². The fourth-order valence-corrected chi connectivity index (χ4v) is 1.09. The van der Waals surface area contributed by atoms with E-state index in [1.165, 1.54) is 6.61 Å². The van der Waals surface area contributed by atoms with Crippen LogP contribution in [0.25, 0.3) is 11.5 Å². The van der Waals surface area contributed by atoms with Crippen LogP contribution < -0.4 is 0 Å². The van der Waals surface area contributed by atoms with Crippen molar-refractivity contribution < 1.29 is 9.26 Å². The molecule has 71 valence electrons. The van der Waals surface area contributed by atoms with Crippen LogP contribution in [0.1, 0.15) is 5.82 Å². The molecule has 1 aromatic carbocycles. The minimum atomic E-state index is 0.436. The van der Waals surface area contributed by atoms with Crippen LogP contribution in [0, 0.1) is 6.61 Å². The van der Waals surface area contributed by atoms with Gasteiger partial charge in [-0.3, -0.25) is 0 Å². The van der Waals surface area contributed by atoms with Crippen LogP contribution in [0.15, 0.2) is 34.9 Å². The molecule has 0 N–H and O–H groups in total. The first kappa shape index (κ1) is 8.90. The van der Waals surface area contributed by atoms with Crippen LogP contribution in [0.3, 0.4) is 0 Å². The molecule has 1 heterocycles. The summed E-state index contributed by atoms with van der Waals surface area (Å²) < 4.78 is 9.80. The average Bonchev–Trinajstić information content (AvgIpc) is 2.68. The second-order valence-electron chi connectivity index (χ2n) is 2.68. The zero-order chi connectivity index (χ0) is 9.80. The van der Waals surface area contributed by atoms with Crippen molar-refractivity contribution >= 4 is 0 Å². The second kappa shape index (κ2) is 4.02. The fourth-order valence-electron chi connectivity index (χ4n) is 1.09. The Morgan fingerprint density at radius 3 is 2.79 bits per heavy atom. The van der Waals surface area contributed by atoms with Crippen molar-refractivity contribution in [2.24, 2.45) is 0 Å². The predicted molar refractivity (Wildman–Crippen MR) is 50.1 cm³/mol. The number of hydrogen-bond donors (Lipinski definition) is 0. The molecule has 0 spiro atoms. The first-order valence-corrected chi connectivity index (χ1v) is 4.15. The summed E-state index contributed by atoms with van der Waals surface area (Å²) in [5.41, 5.74) is 0.899. The Labute approximate surface area is 81.5 Å². The molecule has 0 fully saturated rings. The highest BCUT2D eigenvalue weighted by Gasteiger charge is 2.07. The summed E-state index contributed by atoms with van der Waals surface area (Å²) in [7, 11) is 1.54. The third-order valence-electron chi connectivity index (χ3n) is 1.69. The number of rotatable bonds is 3. The highest BCUT2D eigenvalue weighted by atomic mass is 16.5. The zero-order valence-corrected chi connectivity index (χ0v) is 7.68. The summed E-state index contributed by atoms with van der Waals surface area (Å²) in [5, 5.41) is 3.72. The number of methoxy groups -OCH3 is 1. The third-order valence-corrected chi connectivity index (χ3v) is 1.69. The second-order valence-corrected chi connectivity index (χ2v) is 2.68. The molecule has 0 saturated carbocycles. The Bertz CT molecular complexity index is 398. The van der Waals surface area contributed by atoms with Gasteiger partial charge in [0.1, 0.15) is 0 Å². The quantitative estimate of drug-likeness (QED) is 0.739. The van der Waals surface area contributed by atoms with Gasteiger partial charge in [0.2, 0.25) is 5.82 Å². The molecule has 2 aromatic rings. The Hall–Kier alpha value is -1.68. The molecule has 1 radical (unpaired) electrons. The molecule has 0 aliphatic carbocycles. The van der Waals surface area contributed by atoms with Gasteiger partial charge in [0, 0.05) is 12.7 Å². The zero-order valence-electron chi connectivity index (χ0n) is 7.68. The Kier molecular flexibility index (Phi) is 2.55. The molecule has 0 amide bonds. The van der Waals surface area contributed by atoms with Gasteiger partial charge in [-0.05, 0) is 12.1 Å². The van der Waals surface area contributed by atoms with Gasteiger partial charge in [0.15, 0.2) is 6.61 Å². The monoisotopic (exact) mass is 189 g/mol. The SMILES string of the molecule is CO[CH]c1noc(-c2ccccc2)n1. The van der Waals surface area contributed by atoms with Crippen molar-refractivity contribution in [3.63, 3.8) is 0 Å². The highest BCUT2D eigenvalue weighted by Crippen LogP contribution is 2.16. The molecular formula is C10H9N2O2. The molecule has 0 unspecified atom stereocenters. The maximum absolute atomic E-state index is 5.03. The molecule has 4 heteroatoms. The van der Waals surface area contributed by atoms with Crippen LogP contribution in [-0.4, -0.2) is 17.3 Å². The van der Waals surface area contributed by atoms with E-state index in [1.807, 2.05) is 30.3 Å². The van der Waals surface area contributed by atoms with E-state index in [0.717, 1.165) is 5.56 Å². The number of hydrogen-bond acceptors (Lipinski definition) is 4. The van der Waals surface area contributed by atoms with Crippen LogP contribution >= 0.6 is 0 Å². The van der Waals surface area contributed by atoms with E-state index in [4.69, 9.17) is 9.26 Å². The van der Waals surface area contributed by atoms with Crippen LogP contribution in [-0.2, 0) is 4.74 Å². The summed E-state index contributed by atoms with van der Waals surface area (Å²) in [4.78, 5) is 4.11. The van der Waals surface area contributed by atoms with Gasteiger partial charge in [-0.15, -0.1) is 0 Å². The number of ether oxygens (including phenoxy) is 1. The molecule has 4 nitrogen and oxygen atoms in total. The van der Waals surface area contributed by atoms with Crippen molar-refractivity contribution in [3.05, 3.63) is 42.8 Å². The molecule has 2 rings (SSSR count). The van der Waals surface area contributed by atoms with Gasteiger partial charge >= 0.3 is 0 Å². The van der Waals surface area contributed by atoms with E-state index in [0.29, 0.717) is 11.7 Å². The molecular weight excluding hydrogens is 180 g/mol. The molecule has 0 aliphatic rings. The summed E-state index contributed by atoms with van der Waals surface area (Å²) in [6.45, 7) is 1.43. The minimum absolute atomic E-state index is 0.436. The summed E-state index contributed by atoms with van der Waals surface area (Å²) in [6, 6.07) is 9.58. The van der Waals surface area contributed by atoms with Gasteiger partial charge in [0.25, 0.3) is 5.89 Å². The Morgan fingerprint density at radius 1 is 1.29 bits per heavy atom. The van der Waals surface area contributed by atoms with E-state index >= 15 is 0 Å². The topological polar surface area (TPSA) is 48.2 Å². The number of benzene rings is 1. The number of aromatic nitrogens is 2. The maximum Gasteiger partial charge on any atom is 0.258 e. The average molecular weight is 189 g/mol. The van der Waals surface area contributed by atoms with Crippen molar-refractivity contribution in [1.29, 1.82) is 0 Å². The maximum atomic E-state index is 5.03. The van der Waals surface area contributed by atoms with Crippen molar-refractivity contribution in [1.82, 2.24) is 10.1 Å². The van der Waals surface area contributed by atoms with Crippen LogP contribution in [0.4, 0.5) is 0 Å². The standard InChI is InChI=1S/C10H9N2O2/c1-13-7-9-11-10(14-12-9)8-5-3-2-4-6-8/h2-7H,1H3. The van der Waals surface area contributed by atoms with Crippen molar-refractivity contribution in [3.8, 4) is 11.5 Å². The Morgan fingerprint density at radius 2 is 2.07 bits per heavy atom. The first-order chi connectivity index (χ1) is 6.90. The lowest BCUT2D eigenvalue weighted by molar-refractivity contribution is 0.282. The minimum Gasteiger partial charge on any atom is -0.370 e. The number of nitrogens with zero attached hydrogens (tertiary/aromatic N) is 2. The molecule has 0 atom stereocenters. The lowest BCUT2D eigenvalue weighted by atomic mass is 10.2. The molecule has 14 heavy (non-hydrogen) atoms.